The Morgan fingerprint density at radius 3 is 2.61 bits per heavy atom. The van der Waals surface area contributed by atoms with Crippen molar-refractivity contribution in [3.8, 4) is 17.0 Å². The number of phosphoric ester groups is 1. The van der Waals surface area contributed by atoms with Crippen molar-refractivity contribution in [2.75, 3.05) is 6.61 Å². The normalized spacial score (nSPS) is 25.2. The third kappa shape index (κ3) is 7.03. The van der Waals surface area contributed by atoms with Crippen LogP contribution < -0.4 is 15.8 Å². The van der Waals surface area contributed by atoms with Gasteiger partial charge in [0.25, 0.3) is 5.56 Å². The largest absolute Gasteiger partial charge is 0.530 e. The van der Waals surface area contributed by atoms with E-state index in [1.54, 1.807) is 32.0 Å². The lowest BCUT2D eigenvalue weighted by Gasteiger charge is -2.25. The summed E-state index contributed by atoms with van der Waals surface area (Å²) in [4.78, 5) is 35.9. The predicted octanol–water partition coefficient (Wildman–Crippen LogP) is 1.93. The van der Waals surface area contributed by atoms with E-state index in [2.05, 4.69) is 11.0 Å². The predicted molar refractivity (Wildman–Crippen MR) is 134 cm³/mol. The standard InChI is InChI=1S/C22H24Cl2N3O10P/c1-13(2)34-19(30)14(3)36-38(32,37-15-7-5-4-6-8-15)33-12-16-18(29)22(24,9-10-23)20(35-16)27-21(31)26-17(28)11-25-27/h4-8,11,13-14,16,18,20,29H,12H2,1-3H3,(H,26,28,31)/t14-,16+,18?,20+,22+,38?/m0/s1. The first-order valence-electron chi connectivity index (χ1n) is 11.1. The summed E-state index contributed by atoms with van der Waals surface area (Å²) in [5, 5.41) is 16.6. The molecule has 0 amide bonds. The van der Waals surface area contributed by atoms with Crippen LogP contribution in [-0.2, 0) is 27.9 Å². The second-order valence-electron chi connectivity index (χ2n) is 8.22. The van der Waals surface area contributed by atoms with E-state index in [9.17, 15) is 24.1 Å². The van der Waals surface area contributed by atoms with Crippen LogP contribution in [0.3, 0.4) is 0 Å². The lowest BCUT2D eigenvalue weighted by atomic mass is 10.00. The fraction of sp³-hybridized carbons (Fsp3) is 0.455. The van der Waals surface area contributed by atoms with Gasteiger partial charge in [-0.15, -0.1) is 0 Å². The number of aliphatic hydroxyl groups is 1. The van der Waals surface area contributed by atoms with Gasteiger partial charge in [0.1, 0.15) is 24.2 Å². The SMILES string of the molecule is CC(C)OC(=O)[C@H](C)OP(=O)(OC[C@H]1O[C@@H](n2ncc(=O)[nH]c2=O)[C@@](Cl)(C#CCl)C1O)Oc1ccccc1. The summed E-state index contributed by atoms with van der Waals surface area (Å²) >= 11 is 12.0. The van der Waals surface area contributed by atoms with E-state index in [0.717, 1.165) is 6.20 Å². The summed E-state index contributed by atoms with van der Waals surface area (Å²) in [5.41, 5.74) is -1.79. The van der Waals surface area contributed by atoms with Crippen molar-refractivity contribution < 1.29 is 37.5 Å². The number of phosphoric acid groups is 1. The Morgan fingerprint density at radius 2 is 2.00 bits per heavy atom. The highest BCUT2D eigenvalue weighted by molar-refractivity contribution is 7.49. The van der Waals surface area contributed by atoms with Gasteiger partial charge in [0.05, 0.1) is 12.7 Å². The van der Waals surface area contributed by atoms with E-state index in [1.165, 1.54) is 19.1 Å². The molecule has 0 saturated carbocycles. The number of hydrogen-bond acceptors (Lipinski definition) is 11. The highest BCUT2D eigenvalue weighted by Crippen LogP contribution is 2.52. The van der Waals surface area contributed by atoms with Crippen LogP contribution in [0.4, 0.5) is 0 Å². The minimum Gasteiger partial charge on any atom is -0.461 e. The molecule has 0 bridgehead atoms. The van der Waals surface area contributed by atoms with Crippen molar-refractivity contribution in [1.82, 2.24) is 14.8 Å². The molecule has 2 unspecified atom stereocenters. The van der Waals surface area contributed by atoms with Crippen LogP contribution in [0.1, 0.15) is 27.0 Å². The van der Waals surface area contributed by atoms with Crippen LogP contribution in [0.15, 0.2) is 46.1 Å². The molecular formula is C22H24Cl2N3O10P. The monoisotopic (exact) mass is 591 g/mol. The first kappa shape index (κ1) is 29.9. The number of carbonyl (C=O) groups excluding carboxylic acids is 1. The van der Waals surface area contributed by atoms with E-state index < -0.39 is 67.2 Å². The molecule has 0 spiro atoms. The number of benzene rings is 1. The number of hydrogen-bond donors (Lipinski definition) is 2. The molecular weight excluding hydrogens is 568 g/mol. The van der Waals surface area contributed by atoms with E-state index in [4.69, 9.17) is 46.2 Å². The topological polar surface area (TPSA) is 168 Å². The molecule has 2 N–H and O–H groups in total. The van der Waals surface area contributed by atoms with E-state index in [1.807, 2.05) is 10.4 Å². The summed E-state index contributed by atoms with van der Waals surface area (Å²) in [6.07, 6.45) is -5.67. The molecule has 16 heteroatoms. The molecule has 2 aromatic rings. The summed E-state index contributed by atoms with van der Waals surface area (Å²) in [7, 11) is -4.57. The lowest BCUT2D eigenvalue weighted by Crippen LogP contribution is -2.45. The minimum atomic E-state index is -4.57. The molecule has 2 heterocycles. The average molecular weight is 592 g/mol. The van der Waals surface area contributed by atoms with Gasteiger partial charge >= 0.3 is 19.5 Å². The Morgan fingerprint density at radius 1 is 1.32 bits per heavy atom. The number of ether oxygens (including phenoxy) is 2. The van der Waals surface area contributed by atoms with Gasteiger partial charge in [0, 0.05) is 5.38 Å². The number of alkyl halides is 1. The molecule has 1 aliphatic rings. The van der Waals surface area contributed by atoms with Crippen molar-refractivity contribution in [1.29, 1.82) is 0 Å². The molecule has 13 nitrogen and oxygen atoms in total. The molecule has 1 fully saturated rings. The quantitative estimate of drug-likeness (QED) is 0.179. The highest BCUT2D eigenvalue weighted by atomic mass is 35.5. The zero-order valence-corrected chi connectivity index (χ0v) is 22.7. The molecule has 1 aromatic carbocycles. The van der Waals surface area contributed by atoms with Crippen LogP contribution in [-0.4, -0.2) is 61.7 Å². The number of halogens is 2. The zero-order valence-electron chi connectivity index (χ0n) is 20.3. The summed E-state index contributed by atoms with van der Waals surface area (Å²) in [6.45, 7) is 3.87. The molecule has 38 heavy (non-hydrogen) atoms. The van der Waals surface area contributed by atoms with Crippen molar-refractivity contribution in [2.45, 2.75) is 56.3 Å². The maximum atomic E-state index is 13.6. The zero-order chi connectivity index (χ0) is 28.1. The van der Waals surface area contributed by atoms with Gasteiger partial charge in [-0.05, 0) is 44.5 Å². The molecule has 0 aliphatic carbocycles. The number of aromatic nitrogens is 3. The fourth-order valence-electron chi connectivity index (χ4n) is 3.28. The van der Waals surface area contributed by atoms with Gasteiger partial charge in [0.15, 0.2) is 17.2 Å². The van der Waals surface area contributed by atoms with Gasteiger partial charge in [-0.3, -0.25) is 18.8 Å². The summed E-state index contributed by atoms with van der Waals surface area (Å²) in [5.74, 6) is 1.63. The Kier molecular flexibility index (Phi) is 9.78. The van der Waals surface area contributed by atoms with Crippen molar-refractivity contribution in [2.24, 2.45) is 0 Å². The number of rotatable bonds is 10. The van der Waals surface area contributed by atoms with Crippen LogP contribution in [0.2, 0.25) is 0 Å². The Hall–Kier alpha value is -2.69. The number of para-hydroxylation sites is 1. The van der Waals surface area contributed by atoms with E-state index >= 15 is 0 Å². The number of aromatic amines is 1. The molecule has 1 aliphatic heterocycles. The fourth-order valence-corrected chi connectivity index (χ4v) is 5.15. The average Bonchev–Trinajstić information content (AvgIpc) is 3.08. The number of nitrogens with one attached hydrogen (secondary N) is 1. The number of aliphatic hydroxyl groups excluding tert-OH is 1. The van der Waals surface area contributed by atoms with Gasteiger partial charge in [-0.25, -0.2) is 14.2 Å². The molecule has 1 aromatic heterocycles. The third-order valence-corrected chi connectivity index (χ3v) is 7.05. The minimum absolute atomic E-state index is 0.0923. The molecule has 206 valence electrons. The maximum absolute atomic E-state index is 13.6. The Balaban J connectivity index is 1.86. The smallest absolute Gasteiger partial charge is 0.461 e. The number of H-pyrrole nitrogens is 1. The molecule has 0 radical (unpaired) electrons. The second kappa shape index (κ2) is 12.4. The Bertz CT molecular complexity index is 1360. The van der Waals surface area contributed by atoms with E-state index in [0.29, 0.717) is 4.68 Å². The first-order valence-corrected chi connectivity index (χ1v) is 13.3. The maximum Gasteiger partial charge on any atom is 0.530 e. The molecule has 3 rings (SSSR count). The third-order valence-electron chi connectivity index (χ3n) is 4.97. The van der Waals surface area contributed by atoms with Crippen LogP contribution in [0.5, 0.6) is 5.75 Å². The second-order valence-corrected chi connectivity index (χ2v) is 10.6. The first-order chi connectivity index (χ1) is 17.9. The number of nitrogens with zero attached hydrogens (tertiary/aromatic N) is 2. The van der Waals surface area contributed by atoms with Crippen LogP contribution in [0, 0.1) is 11.3 Å². The van der Waals surface area contributed by atoms with Gasteiger partial charge in [-0.1, -0.05) is 35.7 Å². The van der Waals surface area contributed by atoms with Crippen LogP contribution >= 0.6 is 31.0 Å². The molecule has 6 atom stereocenters. The van der Waals surface area contributed by atoms with Crippen molar-refractivity contribution in [3.63, 3.8) is 0 Å². The molecule has 1 saturated heterocycles. The van der Waals surface area contributed by atoms with Crippen LogP contribution in [0.25, 0.3) is 0 Å². The van der Waals surface area contributed by atoms with Gasteiger partial charge in [-0.2, -0.15) is 9.78 Å². The van der Waals surface area contributed by atoms with E-state index in [-0.39, 0.29) is 5.75 Å². The summed E-state index contributed by atoms with van der Waals surface area (Å²) in [6, 6.07) is 7.84. The highest BCUT2D eigenvalue weighted by Gasteiger charge is 2.57. The number of esters is 1. The lowest BCUT2D eigenvalue weighted by molar-refractivity contribution is -0.156. The number of carbonyl (C=O) groups is 1. The Labute approximate surface area is 226 Å². The van der Waals surface area contributed by atoms with Gasteiger partial charge in [0.2, 0.25) is 0 Å². The van der Waals surface area contributed by atoms with Gasteiger partial charge < -0.3 is 19.1 Å². The summed E-state index contributed by atoms with van der Waals surface area (Å²) < 4.78 is 41.2. The van der Waals surface area contributed by atoms with Crippen molar-refractivity contribution in [3.05, 3.63) is 57.4 Å². The van der Waals surface area contributed by atoms with Crippen molar-refractivity contribution >= 4 is 37.0 Å².